The van der Waals surface area contributed by atoms with Gasteiger partial charge < -0.3 is 14.8 Å². The molecule has 0 saturated carbocycles. The lowest BCUT2D eigenvalue weighted by molar-refractivity contribution is -0.132. The van der Waals surface area contributed by atoms with Crippen LogP contribution in [0, 0.1) is 0 Å². The Balaban J connectivity index is 1.76. The monoisotopic (exact) mass is 380 g/mol. The Hall–Kier alpha value is -1.73. The standard InChI is InChI=1S/C19H28N2O4S/c1-19(2,3)25-18(23)21-10-11-24-13-16(21)17(22)20-9-12-26-14-15-7-5-4-6-8-15/h4-8,16H,9-14H2,1-3H3,(H,20,22)/t16-/m0/s1. The maximum Gasteiger partial charge on any atom is 0.411 e. The Labute approximate surface area is 159 Å². The van der Waals surface area contributed by atoms with E-state index in [4.69, 9.17) is 9.47 Å². The fourth-order valence-corrected chi connectivity index (χ4v) is 3.31. The van der Waals surface area contributed by atoms with Gasteiger partial charge in [-0.1, -0.05) is 30.3 Å². The molecular formula is C19H28N2O4S. The molecule has 2 amide bonds. The Kier molecular flexibility index (Phi) is 7.78. The molecule has 1 fully saturated rings. The molecule has 26 heavy (non-hydrogen) atoms. The van der Waals surface area contributed by atoms with Crippen LogP contribution in [-0.2, 0) is 20.0 Å². The smallest absolute Gasteiger partial charge is 0.411 e. The number of hydrogen-bond acceptors (Lipinski definition) is 5. The van der Waals surface area contributed by atoms with Gasteiger partial charge in [-0.3, -0.25) is 9.69 Å². The summed E-state index contributed by atoms with van der Waals surface area (Å²) >= 11 is 1.76. The topological polar surface area (TPSA) is 67.9 Å². The van der Waals surface area contributed by atoms with Crippen LogP contribution in [0.25, 0.3) is 0 Å². The summed E-state index contributed by atoms with van der Waals surface area (Å²) in [6, 6.07) is 9.57. The minimum absolute atomic E-state index is 0.197. The molecule has 6 nitrogen and oxygen atoms in total. The maximum absolute atomic E-state index is 12.5. The number of nitrogens with zero attached hydrogens (tertiary/aromatic N) is 1. The first kappa shape index (κ1) is 20.6. The average Bonchev–Trinajstić information content (AvgIpc) is 2.60. The van der Waals surface area contributed by atoms with Gasteiger partial charge in [0.25, 0.3) is 0 Å². The van der Waals surface area contributed by atoms with Crippen LogP contribution < -0.4 is 5.32 Å². The van der Waals surface area contributed by atoms with E-state index in [1.807, 2.05) is 39.0 Å². The number of rotatable bonds is 6. The summed E-state index contributed by atoms with van der Waals surface area (Å²) in [7, 11) is 0. The first-order valence-corrected chi connectivity index (χ1v) is 9.99. The lowest BCUT2D eigenvalue weighted by Gasteiger charge is -2.35. The zero-order chi connectivity index (χ0) is 19.0. The van der Waals surface area contributed by atoms with Crippen molar-refractivity contribution in [3.63, 3.8) is 0 Å². The van der Waals surface area contributed by atoms with Crippen LogP contribution in [0.5, 0.6) is 0 Å². The van der Waals surface area contributed by atoms with Crippen LogP contribution in [0.3, 0.4) is 0 Å². The molecule has 0 radical (unpaired) electrons. The van der Waals surface area contributed by atoms with Gasteiger partial charge in [0.05, 0.1) is 13.2 Å². The number of thioether (sulfide) groups is 1. The van der Waals surface area contributed by atoms with Crippen molar-refractivity contribution in [1.82, 2.24) is 10.2 Å². The van der Waals surface area contributed by atoms with Crippen molar-refractivity contribution in [2.24, 2.45) is 0 Å². The van der Waals surface area contributed by atoms with E-state index in [2.05, 4.69) is 17.4 Å². The van der Waals surface area contributed by atoms with Crippen LogP contribution >= 0.6 is 11.8 Å². The van der Waals surface area contributed by atoms with E-state index in [0.29, 0.717) is 19.7 Å². The van der Waals surface area contributed by atoms with Crippen LogP contribution in [0.4, 0.5) is 4.79 Å². The number of hydrogen-bond donors (Lipinski definition) is 1. The number of nitrogens with one attached hydrogen (secondary N) is 1. The number of carbonyl (C=O) groups excluding carboxylic acids is 2. The summed E-state index contributed by atoms with van der Waals surface area (Å²) < 4.78 is 10.8. The number of carbonyl (C=O) groups is 2. The predicted octanol–water partition coefficient (Wildman–Crippen LogP) is 2.67. The molecule has 0 spiro atoms. The minimum atomic E-state index is -0.641. The van der Waals surface area contributed by atoms with Gasteiger partial charge in [-0.25, -0.2) is 4.79 Å². The fourth-order valence-electron chi connectivity index (χ4n) is 2.49. The number of morpholine rings is 1. The van der Waals surface area contributed by atoms with Crippen molar-refractivity contribution in [3.05, 3.63) is 35.9 Å². The largest absolute Gasteiger partial charge is 0.444 e. The molecule has 0 bridgehead atoms. The first-order valence-electron chi connectivity index (χ1n) is 8.83. The third-order valence-electron chi connectivity index (χ3n) is 3.72. The molecule has 1 atom stereocenters. The molecule has 0 aliphatic carbocycles. The Morgan fingerprint density at radius 2 is 2.04 bits per heavy atom. The van der Waals surface area contributed by atoms with Crippen LogP contribution in [0.1, 0.15) is 26.3 Å². The molecule has 1 N–H and O–H groups in total. The number of benzene rings is 1. The van der Waals surface area contributed by atoms with Gasteiger partial charge in [0.15, 0.2) is 0 Å². The molecule has 1 saturated heterocycles. The number of ether oxygens (including phenoxy) is 2. The third kappa shape index (κ3) is 6.88. The minimum Gasteiger partial charge on any atom is -0.444 e. The van der Waals surface area contributed by atoms with Crippen molar-refractivity contribution in [2.45, 2.75) is 38.2 Å². The molecule has 1 aliphatic heterocycles. The van der Waals surface area contributed by atoms with Crippen molar-refractivity contribution in [2.75, 3.05) is 32.1 Å². The Bertz CT molecular complexity index is 589. The number of amides is 2. The molecule has 1 aliphatic rings. The summed E-state index contributed by atoms with van der Waals surface area (Å²) in [5, 5.41) is 2.90. The molecule has 1 aromatic carbocycles. The summed E-state index contributed by atoms with van der Waals surface area (Å²) in [5.74, 6) is 1.52. The predicted molar refractivity (Wildman–Crippen MR) is 103 cm³/mol. The highest BCUT2D eigenvalue weighted by molar-refractivity contribution is 7.98. The zero-order valence-electron chi connectivity index (χ0n) is 15.7. The highest BCUT2D eigenvalue weighted by Gasteiger charge is 2.35. The van der Waals surface area contributed by atoms with Crippen molar-refractivity contribution in [1.29, 1.82) is 0 Å². The van der Waals surface area contributed by atoms with E-state index in [1.165, 1.54) is 10.5 Å². The van der Waals surface area contributed by atoms with E-state index in [0.717, 1.165) is 11.5 Å². The second-order valence-corrected chi connectivity index (χ2v) is 8.20. The van der Waals surface area contributed by atoms with E-state index in [9.17, 15) is 9.59 Å². The van der Waals surface area contributed by atoms with Gasteiger partial charge in [0.2, 0.25) is 5.91 Å². The van der Waals surface area contributed by atoms with E-state index in [-0.39, 0.29) is 12.5 Å². The molecule has 0 aromatic heterocycles. The summed E-state index contributed by atoms with van der Waals surface area (Å²) in [5.41, 5.74) is 0.672. The Morgan fingerprint density at radius 1 is 1.31 bits per heavy atom. The summed E-state index contributed by atoms with van der Waals surface area (Å²) in [6.45, 7) is 6.95. The van der Waals surface area contributed by atoms with Crippen molar-refractivity contribution < 1.29 is 19.1 Å². The fraction of sp³-hybridized carbons (Fsp3) is 0.579. The summed E-state index contributed by atoms with van der Waals surface area (Å²) in [6.07, 6.45) is -0.473. The second kappa shape index (κ2) is 9.83. The summed E-state index contributed by atoms with van der Waals surface area (Å²) in [4.78, 5) is 26.2. The van der Waals surface area contributed by atoms with Crippen LogP contribution in [-0.4, -0.2) is 60.6 Å². The quantitative estimate of drug-likeness (QED) is 0.769. The molecule has 1 heterocycles. The van der Waals surface area contributed by atoms with Crippen LogP contribution in [0.15, 0.2) is 30.3 Å². The zero-order valence-corrected chi connectivity index (χ0v) is 16.5. The molecule has 2 rings (SSSR count). The normalized spacial score (nSPS) is 17.7. The van der Waals surface area contributed by atoms with Gasteiger partial charge in [-0.2, -0.15) is 11.8 Å². The highest BCUT2D eigenvalue weighted by atomic mass is 32.2. The van der Waals surface area contributed by atoms with Crippen molar-refractivity contribution in [3.8, 4) is 0 Å². The Morgan fingerprint density at radius 3 is 2.73 bits per heavy atom. The van der Waals surface area contributed by atoms with Gasteiger partial charge in [-0.15, -0.1) is 0 Å². The maximum atomic E-state index is 12.5. The second-order valence-electron chi connectivity index (χ2n) is 7.09. The first-order chi connectivity index (χ1) is 12.4. The molecule has 144 valence electrons. The SMILES string of the molecule is CC(C)(C)OC(=O)N1CCOC[C@H]1C(=O)NCCSCc1ccccc1. The van der Waals surface area contributed by atoms with Gasteiger partial charge >= 0.3 is 6.09 Å². The van der Waals surface area contributed by atoms with Gasteiger partial charge in [0.1, 0.15) is 11.6 Å². The highest BCUT2D eigenvalue weighted by Crippen LogP contribution is 2.15. The van der Waals surface area contributed by atoms with Gasteiger partial charge in [-0.05, 0) is 26.3 Å². The lowest BCUT2D eigenvalue weighted by Crippen LogP contribution is -2.57. The molecule has 1 aromatic rings. The van der Waals surface area contributed by atoms with E-state index >= 15 is 0 Å². The lowest BCUT2D eigenvalue weighted by atomic mass is 10.2. The molecule has 0 unspecified atom stereocenters. The third-order valence-corrected chi connectivity index (χ3v) is 4.75. The van der Waals surface area contributed by atoms with E-state index < -0.39 is 17.7 Å². The molecule has 7 heteroatoms. The van der Waals surface area contributed by atoms with E-state index in [1.54, 1.807) is 11.8 Å². The van der Waals surface area contributed by atoms with Crippen molar-refractivity contribution >= 4 is 23.8 Å². The van der Waals surface area contributed by atoms with Crippen LogP contribution in [0.2, 0.25) is 0 Å². The molecular weight excluding hydrogens is 352 g/mol. The average molecular weight is 381 g/mol. The van der Waals surface area contributed by atoms with Gasteiger partial charge in [0, 0.05) is 24.6 Å².